The van der Waals surface area contributed by atoms with Crippen molar-refractivity contribution in [3.8, 4) is 0 Å². The van der Waals surface area contributed by atoms with E-state index in [0.29, 0.717) is 11.3 Å². The molecule has 21 heavy (non-hydrogen) atoms. The standard InChI is InChI=1S/C17H13FN2O/c18-15-10-12(19)8-9-16(15)20-17(21)14-7-3-5-11-4-1-2-6-13(11)14/h1-10H,19H2,(H,20,21). The number of amides is 1. The molecule has 1 amide bonds. The molecular formula is C17H13FN2O. The lowest BCUT2D eigenvalue weighted by atomic mass is 10.0. The van der Waals surface area contributed by atoms with Gasteiger partial charge in [-0.15, -0.1) is 0 Å². The zero-order chi connectivity index (χ0) is 14.8. The van der Waals surface area contributed by atoms with E-state index in [1.807, 2.05) is 30.3 Å². The second kappa shape index (κ2) is 5.25. The number of nitrogens with one attached hydrogen (secondary N) is 1. The second-order valence-corrected chi connectivity index (χ2v) is 4.72. The van der Waals surface area contributed by atoms with Crippen molar-refractivity contribution in [3.63, 3.8) is 0 Å². The molecule has 0 fully saturated rings. The summed E-state index contributed by atoms with van der Waals surface area (Å²) in [5, 5.41) is 4.36. The lowest BCUT2D eigenvalue weighted by molar-refractivity contribution is 0.102. The molecule has 3 rings (SSSR count). The number of fused-ring (bicyclic) bond motifs is 1. The first kappa shape index (κ1) is 13.1. The summed E-state index contributed by atoms with van der Waals surface area (Å²) in [6.45, 7) is 0. The van der Waals surface area contributed by atoms with Gasteiger partial charge >= 0.3 is 0 Å². The molecule has 0 aliphatic carbocycles. The lowest BCUT2D eigenvalue weighted by Gasteiger charge is -2.09. The molecule has 0 aliphatic heterocycles. The molecule has 3 aromatic rings. The van der Waals surface area contributed by atoms with Crippen molar-refractivity contribution in [2.24, 2.45) is 0 Å². The molecule has 0 bridgehead atoms. The monoisotopic (exact) mass is 280 g/mol. The minimum absolute atomic E-state index is 0.113. The number of hydrogen-bond acceptors (Lipinski definition) is 2. The number of nitrogen functional groups attached to an aromatic ring is 1. The van der Waals surface area contributed by atoms with E-state index in [-0.39, 0.29) is 11.6 Å². The molecule has 0 aliphatic rings. The van der Waals surface area contributed by atoms with Gasteiger partial charge in [-0.2, -0.15) is 0 Å². The molecule has 104 valence electrons. The number of nitrogens with two attached hydrogens (primary N) is 1. The third kappa shape index (κ3) is 2.56. The van der Waals surface area contributed by atoms with Gasteiger partial charge in [-0.05, 0) is 35.0 Å². The van der Waals surface area contributed by atoms with Gasteiger partial charge in [0.2, 0.25) is 0 Å². The SMILES string of the molecule is Nc1ccc(NC(=O)c2cccc3ccccc23)c(F)c1. The minimum Gasteiger partial charge on any atom is -0.399 e. The summed E-state index contributed by atoms with van der Waals surface area (Å²) < 4.78 is 13.7. The Morgan fingerprint density at radius 2 is 1.76 bits per heavy atom. The highest BCUT2D eigenvalue weighted by atomic mass is 19.1. The molecule has 0 saturated carbocycles. The first-order valence-electron chi connectivity index (χ1n) is 6.49. The van der Waals surface area contributed by atoms with Gasteiger partial charge in [0, 0.05) is 11.3 Å². The lowest BCUT2D eigenvalue weighted by Crippen LogP contribution is -2.13. The fraction of sp³-hybridized carbons (Fsp3) is 0. The number of carbonyl (C=O) groups is 1. The first-order chi connectivity index (χ1) is 10.1. The van der Waals surface area contributed by atoms with Crippen LogP contribution in [0.15, 0.2) is 60.7 Å². The minimum atomic E-state index is -0.552. The highest BCUT2D eigenvalue weighted by Crippen LogP contribution is 2.21. The van der Waals surface area contributed by atoms with Crippen LogP contribution in [-0.4, -0.2) is 5.91 Å². The predicted octanol–water partition coefficient (Wildman–Crippen LogP) is 3.81. The van der Waals surface area contributed by atoms with Gasteiger partial charge in [0.25, 0.3) is 5.91 Å². The molecule has 0 spiro atoms. The molecule has 0 atom stereocenters. The summed E-state index contributed by atoms with van der Waals surface area (Å²) in [6.07, 6.45) is 0. The van der Waals surface area contributed by atoms with Crippen molar-refractivity contribution in [2.45, 2.75) is 0 Å². The fourth-order valence-corrected chi connectivity index (χ4v) is 2.25. The third-order valence-corrected chi connectivity index (χ3v) is 3.28. The number of carbonyl (C=O) groups excluding carboxylic acids is 1. The van der Waals surface area contributed by atoms with Crippen LogP contribution in [0.25, 0.3) is 10.8 Å². The molecule has 0 heterocycles. The Labute approximate surface area is 121 Å². The van der Waals surface area contributed by atoms with Crippen LogP contribution in [0, 0.1) is 5.82 Å². The van der Waals surface area contributed by atoms with E-state index in [4.69, 9.17) is 5.73 Å². The van der Waals surface area contributed by atoms with E-state index >= 15 is 0 Å². The summed E-state index contributed by atoms with van der Waals surface area (Å²) >= 11 is 0. The van der Waals surface area contributed by atoms with E-state index < -0.39 is 5.82 Å². The summed E-state index contributed by atoms with van der Waals surface area (Å²) in [7, 11) is 0. The highest BCUT2D eigenvalue weighted by Gasteiger charge is 2.12. The number of halogens is 1. The smallest absolute Gasteiger partial charge is 0.256 e. The van der Waals surface area contributed by atoms with Crippen LogP contribution < -0.4 is 11.1 Å². The van der Waals surface area contributed by atoms with Gasteiger partial charge in [-0.25, -0.2) is 4.39 Å². The maximum absolute atomic E-state index is 13.7. The Balaban J connectivity index is 1.97. The average molecular weight is 280 g/mol. The van der Waals surface area contributed by atoms with Gasteiger partial charge in [-0.1, -0.05) is 36.4 Å². The zero-order valence-electron chi connectivity index (χ0n) is 11.1. The van der Waals surface area contributed by atoms with E-state index in [9.17, 15) is 9.18 Å². The van der Waals surface area contributed by atoms with Gasteiger partial charge in [-0.3, -0.25) is 4.79 Å². The first-order valence-corrected chi connectivity index (χ1v) is 6.49. The number of rotatable bonds is 2. The fourth-order valence-electron chi connectivity index (χ4n) is 2.25. The Morgan fingerprint density at radius 3 is 2.57 bits per heavy atom. The van der Waals surface area contributed by atoms with Gasteiger partial charge < -0.3 is 11.1 Å². The van der Waals surface area contributed by atoms with Crippen LogP contribution in [0.3, 0.4) is 0 Å². The number of hydrogen-bond donors (Lipinski definition) is 2. The number of benzene rings is 3. The van der Waals surface area contributed by atoms with Crippen LogP contribution in [0.4, 0.5) is 15.8 Å². The maximum atomic E-state index is 13.7. The summed E-state index contributed by atoms with van der Waals surface area (Å²) in [4.78, 5) is 12.4. The summed E-state index contributed by atoms with van der Waals surface area (Å²) in [6, 6.07) is 17.2. The van der Waals surface area contributed by atoms with Gasteiger partial charge in [0.05, 0.1) is 5.69 Å². The maximum Gasteiger partial charge on any atom is 0.256 e. The van der Waals surface area contributed by atoms with Crippen LogP contribution in [-0.2, 0) is 0 Å². The van der Waals surface area contributed by atoms with E-state index in [1.54, 1.807) is 18.2 Å². The van der Waals surface area contributed by atoms with Crippen molar-refractivity contribution in [1.82, 2.24) is 0 Å². The van der Waals surface area contributed by atoms with Crippen LogP contribution in [0.5, 0.6) is 0 Å². The quantitative estimate of drug-likeness (QED) is 0.701. The molecule has 0 aromatic heterocycles. The average Bonchev–Trinajstić information content (AvgIpc) is 2.49. The Bertz CT molecular complexity index is 825. The molecular weight excluding hydrogens is 267 g/mol. The van der Waals surface area contributed by atoms with Crippen molar-refractivity contribution < 1.29 is 9.18 Å². The molecule has 0 saturated heterocycles. The number of anilines is 2. The van der Waals surface area contributed by atoms with Gasteiger partial charge in [0.1, 0.15) is 5.82 Å². The van der Waals surface area contributed by atoms with Crippen LogP contribution >= 0.6 is 0 Å². The van der Waals surface area contributed by atoms with Crippen molar-refractivity contribution in [1.29, 1.82) is 0 Å². The predicted molar refractivity (Wildman–Crippen MR) is 82.7 cm³/mol. The molecule has 3 aromatic carbocycles. The Morgan fingerprint density at radius 1 is 1.00 bits per heavy atom. The topological polar surface area (TPSA) is 55.1 Å². The normalized spacial score (nSPS) is 10.5. The van der Waals surface area contributed by atoms with Crippen LogP contribution in [0.1, 0.15) is 10.4 Å². The van der Waals surface area contributed by atoms with E-state index in [1.165, 1.54) is 12.1 Å². The zero-order valence-corrected chi connectivity index (χ0v) is 11.1. The Hall–Kier alpha value is -2.88. The van der Waals surface area contributed by atoms with Crippen molar-refractivity contribution >= 4 is 28.1 Å². The Kier molecular flexibility index (Phi) is 3.28. The third-order valence-electron chi connectivity index (χ3n) is 3.28. The molecule has 4 heteroatoms. The second-order valence-electron chi connectivity index (χ2n) is 4.72. The van der Waals surface area contributed by atoms with Gasteiger partial charge in [0.15, 0.2) is 0 Å². The summed E-state index contributed by atoms with van der Waals surface area (Å²) in [5.41, 5.74) is 6.42. The molecule has 0 radical (unpaired) electrons. The van der Waals surface area contributed by atoms with Crippen LogP contribution in [0.2, 0.25) is 0 Å². The van der Waals surface area contributed by atoms with E-state index in [0.717, 1.165) is 10.8 Å². The largest absolute Gasteiger partial charge is 0.399 e. The van der Waals surface area contributed by atoms with Crippen molar-refractivity contribution in [2.75, 3.05) is 11.1 Å². The van der Waals surface area contributed by atoms with E-state index in [2.05, 4.69) is 5.32 Å². The molecule has 0 unspecified atom stereocenters. The summed E-state index contributed by atoms with van der Waals surface area (Å²) in [5.74, 6) is -0.904. The molecule has 3 N–H and O–H groups in total. The molecule has 3 nitrogen and oxygen atoms in total. The highest BCUT2D eigenvalue weighted by molar-refractivity contribution is 6.12. The van der Waals surface area contributed by atoms with Crippen molar-refractivity contribution in [3.05, 3.63) is 72.0 Å².